The summed E-state index contributed by atoms with van der Waals surface area (Å²) >= 11 is 5.95. The lowest BCUT2D eigenvalue weighted by atomic mass is 10.2. The topological polar surface area (TPSA) is 45.0 Å². The van der Waals surface area contributed by atoms with Crippen molar-refractivity contribution >= 4 is 11.6 Å². The van der Waals surface area contributed by atoms with Gasteiger partial charge in [-0.3, -0.25) is 0 Å². The highest BCUT2D eigenvalue weighted by atomic mass is 35.5. The number of nitrogens with one attached hydrogen (secondary N) is 1. The Kier molecular flexibility index (Phi) is 5.82. The van der Waals surface area contributed by atoms with Gasteiger partial charge in [0.1, 0.15) is 11.8 Å². The molecular formula is C13H17ClN2O. The highest BCUT2D eigenvalue weighted by molar-refractivity contribution is 6.30. The van der Waals surface area contributed by atoms with Gasteiger partial charge < -0.3 is 10.1 Å². The van der Waals surface area contributed by atoms with Crippen molar-refractivity contribution in [2.24, 2.45) is 0 Å². The maximum atomic E-state index is 8.74. The Hall–Kier alpha value is -1.24. The van der Waals surface area contributed by atoms with Crippen LogP contribution in [-0.2, 0) is 6.54 Å². The van der Waals surface area contributed by atoms with Crippen LogP contribution < -0.4 is 10.1 Å². The molecule has 0 aliphatic rings. The van der Waals surface area contributed by atoms with Crippen LogP contribution in [0.15, 0.2) is 18.2 Å². The number of nitriles is 1. The van der Waals surface area contributed by atoms with Crippen LogP contribution in [-0.4, -0.2) is 12.6 Å². The van der Waals surface area contributed by atoms with Gasteiger partial charge in [-0.15, -0.1) is 0 Å². The van der Waals surface area contributed by atoms with Crippen LogP contribution >= 0.6 is 11.6 Å². The molecule has 0 saturated heterocycles. The third kappa shape index (κ3) is 4.64. The number of hydrogen-bond acceptors (Lipinski definition) is 3. The number of halogens is 1. The minimum atomic E-state index is -0.457. The molecule has 3 nitrogen and oxygen atoms in total. The predicted molar refractivity (Wildman–Crippen MR) is 69.2 cm³/mol. The molecule has 0 amide bonds. The van der Waals surface area contributed by atoms with Crippen LogP contribution in [0.3, 0.4) is 0 Å². The van der Waals surface area contributed by atoms with Gasteiger partial charge in [-0.25, -0.2) is 0 Å². The Labute approximate surface area is 107 Å². The monoisotopic (exact) mass is 252 g/mol. The quantitative estimate of drug-likeness (QED) is 0.791. The second kappa shape index (κ2) is 7.16. The van der Waals surface area contributed by atoms with Gasteiger partial charge in [0.25, 0.3) is 0 Å². The number of ether oxygens (including phenoxy) is 1. The van der Waals surface area contributed by atoms with Crippen LogP contribution in [0.2, 0.25) is 5.02 Å². The fraction of sp³-hybridized carbons (Fsp3) is 0.462. The third-order valence-electron chi connectivity index (χ3n) is 2.25. The molecule has 0 fully saturated rings. The fourth-order valence-electron chi connectivity index (χ4n) is 1.42. The molecule has 4 heteroatoms. The largest absolute Gasteiger partial charge is 0.476 e. The van der Waals surface area contributed by atoms with Crippen LogP contribution in [0.5, 0.6) is 5.75 Å². The SMILES string of the molecule is CCCNCc1cc(Cl)ccc1OC(C)C#N. The smallest absolute Gasteiger partial charge is 0.181 e. The van der Waals surface area contributed by atoms with E-state index in [1.165, 1.54) is 0 Å². The lowest BCUT2D eigenvalue weighted by molar-refractivity contribution is 0.273. The summed E-state index contributed by atoms with van der Waals surface area (Å²) in [7, 11) is 0. The average Bonchev–Trinajstić information content (AvgIpc) is 2.32. The van der Waals surface area contributed by atoms with E-state index in [9.17, 15) is 0 Å². The first kappa shape index (κ1) is 13.8. The lowest BCUT2D eigenvalue weighted by Crippen LogP contribution is -2.16. The molecule has 0 aliphatic heterocycles. The van der Waals surface area contributed by atoms with Gasteiger partial charge in [0.15, 0.2) is 6.10 Å². The Morgan fingerprint density at radius 1 is 1.53 bits per heavy atom. The molecule has 0 saturated carbocycles. The van der Waals surface area contributed by atoms with Crippen LogP contribution in [0.1, 0.15) is 25.8 Å². The number of hydrogen-bond donors (Lipinski definition) is 1. The van der Waals surface area contributed by atoms with Gasteiger partial charge in [-0.2, -0.15) is 5.26 Å². The van der Waals surface area contributed by atoms with E-state index in [2.05, 4.69) is 12.2 Å². The van der Waals surface area contributed by atoms with E-state index in [1.54, 1.807) is 19.1 Å². The van der Waals surface area contributed by atoms with Gasteiger partial charge in [-0.05, 0) is 38.1 Å². The van der Waals surface area contributed by atoms with E-state index < -0.39 is 6.10 Å². The van der Waals surface area contributed by atoms with Crippen molar-refractivity contribution in [1.82, 2.24) is 5.32 Å². The molecule has 1 aromatic rings. The summed E-state index contributed by atoms with van der Waals surface area (Å²) in [4.78, 5) is 0. The number of benzene rings is 1. The van der Waals surface area contributed by atoms with Crippen LogP contribution in [0.25, 0.3) is 0 Å². The predicted octanol–water partition coefficient (Wildman–Crippen LogP) is 3.13. The molecule has 92 valence electrons. The summed E-state index contributed by atoms with van der Waals surface area (Å²) in [5, 5.41) is 12.7. The van der Waals surface area contributed by atoms with E-state index in [1.807, 2.05) is 12.1 Å². The first-order valence-corrected chi connectivity index (χ1v) is 6.10. The summed E-state index contributed by atoms with van der Waals surface area (Å²) in [6.07, 6.45) is 0.617. The molecule has 1 N–H and O–H groups in total. The molecule has 0 heterocycles. The molecule has 17 heavy (non-hydrogen) atoms. The Balaban J connectivity index is 2.77. The van der Waals surface area contributed by atoms with Crippen LogP contribution in [0, 0.1) is 11.3 Å². The number of rotatable bonds is 6. The van der Waals surface area contributed by atoms with Crippen molar-refractivity contribution in [3.63, 3.8) is 0 Å². The second-order valence-corrected chi connectivity index (χ2v) is 4.25. The summed E-state index contributed by atoms with van der Waals surface area (Å²) in [6.45, 7) is 5.47. The van der Waals surface area contributed by atoms with E-state index in [4.69, 9.17) is 21.6 Å². The highest BCUT2D eigenvalue weighted by Crippen LogP contribution is 2.23. The molecule has 1 atom stereocenters. The van der Waals surface area contributed by atoms with E-state index in [0.717, 1.165) is 18.5 Å². The summed E-state index contributed by atoms with van der Waals surface area (Å²) in [5.41, 5.74) is 0.980. The Morgan fingerprint density at radius 3 is 2.94 bits per heavy atom. The van der Waals surface area contributed by atoms with E-state index in [0.29, 0.717) is 17.3 Å². The first-order valence-electron chi connectivity index (χ1n) is 5.72. The standard InChI is InChI=1S/C13H17ClN2O/c1-3-6-16-9-11-7-12(14)4-5-13(11)17-10(2)8-15/h4-5,7,10,16H,3,6,9H2,1-2H3. The van der Waals surface area contributed by atoms with Gasteiger partial charge >= 0.3 is 0 Å². The Morgan fingerprint density at radius 2 is 2.29 bits per heavy atom. The minimum absolute atomic E-state index is 0.457. The van der Waals surface area contributed by atoms with Gasteiger partial charge in [0.05, 0.1) is 0 Å². The van der Waals surface area contributed by atoms with Crippen molar-refractivity contribution < 1.29 is 4.74 Å². The van der Waals surface area contributed by atoms with Crippen molar-refractivity contribution in [3.05, 3.63) is 28.8 Å². The van der Waals surface area contributed by atoms with Gasteiger partial charge in [0, 0.05) is 17.1 Å². The summed E-state index contributed by atoms with van der Waals surface area (Å²) in [6, 6.07) is 7.48. The van der Waals surface area contributed by atoms with Gasteiger partial charge in [0.2, 0.25) is 0 Å². The first-order chi connectivity index (χ1) is 8.17. The molecule has 1 unspecified atom stereocenters. The molecule has 0 spiro atoms. The maximum Gasteiger partial charge on any atom is 0.181 e. The molecule has 0 aliphatic carbocycles. The molecule has 1 rings (SSSR count). The molecule has 0 aromatic heterocycles. The van der Waals surface area contributed by atoms with E-state index >= 15 is 0 Å². The third-order valence-corrected chi connectivity index (χ3v) is 2.49. The normalized spacial score (nSPS) is 11.9. The van der Waals surface area contributed by atoms with Crippen molar-refractivity contribution in [2.45, 2.75) is 32.9 Å². The summed E-state index contributed by atoms with van der Waals surface area (Å²) in [5.74, 6) is 0.715. The molecule has 0 bridgehead atoms. The van der Waals surface area contributed by atoms with Crippen LogP contribution in [0.4, 0.5) is 0 Å². The van der Waals surface area contributed by atoms with Crippen molar-refractivity contribution in [1.29, 1.82) is 5.26 Å². The van der Waals surface area contributed by atoms with Crippen molar-refractivity contribution in [2.75, 3.05) is 6.54 Å². The maximum absolute atomic E-state index is 8.74. The molecule has 0 radical (unpaired) electrons. The lowest BCUT2D eigenvalue weighted by Gasteiger charge is -2.13. The second-order valence-electron chi connectivity index (χ2n) is 3.82. The number of nitrogens with zero attached hydrogens (tertiary/aromatic N) is 1. The zero-order valence-electron chi connectivity index (χ0n) is 10.2. The molecular weight excluding hydrogens is 236 g/mol. The zero-order chi connectivity index (χ0) is 12.7. The molecule has 1 aromatic carbocycles. The van der Waals surface area contributed by atoms with E-state index in [-0.39, 0.29) is 0 Å². The minimum Gasteiger partial charge on any atom is -0.476 e. The fourth-order valence-corrected chi connectivity index (χ4v) is 1.61. The zero-order valence-corrected chi connectivity index (χ0v) is 10.9. The highest BCUT2D eigenvalue weighted by Gasteiger charge is 2.08. The average molecular weight is 253 g/mol. The summed E-state index contributed by atoms with van der Waals surface area (Å²) < 4.78 is 5.52. The Bertz CT molecular complexity index is 401. The van der Waals surface area contributed by atoms with Gasteiger partial charge in [-0.1, -0.05) is 18.5 Å². The van der Waals surface area contributed by atoms with Crippen molar-refractivity contribution in [3.8, 4) is 11.8 Å².